The Hall–Kier alpha value is -1.80. The maximum absolute atomic E-state index is 11.0. The van der Waals surface area contributed by atoms with Gasteiger partial charge in [0.05, 0.1) is 35.6 Å². The van der Waals surface area contributed by atoms with E-state index in [1.807, 2.05) is 0 Å². The second-order valence-electron chi connectivity index (χ2n) is 3.58. The van der Waals surface area contributed by atoms with E-state index in [0.717, 1.165) is 6.08 Å². The quantitative estimate of drug-likeness (QED) is 0.293. The van der Waals surface area contributed by atoms with Crippen LogP contribution in [-0.4, -0.2) is 35.4 Å². The second kappa shape index (κ2) is 6.22. The van der Waals surface area contributed by atoms with Crippen molar-refractivity contribution in [3.63, 3.8) is 0 Å². The van der Waals surface area contributed by atoms with Crippen molar-refractivity contribution >= 4 is 0 Å². The first-order valence-corrected chi connectivity index (χ1v) is 5.42. The van der Waals surface area contributed by atoms with Gasteiger partial charge in [-0.1, -0.05) is 6.08 Å². The fraction of sp³-hybridized carbons (Fsp3) is 0.600. The van der Waals surface area contributed by atoms with Crippen molar-refractivity contribution in [3.05, 3.63) is 44.2 Å². The molecular weight excluding hydrogens is 244 g/mol. The molecule has 0 aliphatic heterocycles. The first kappa shape index (κ1) is 14.3. The lowest BCUT2D eigenvalue weighted by Crippen LogP contribution is -2.41. The third kappa shape index (κ3) is 3.34. The minimum Gasteiger partial charge on any atom is -0.379 e. The molecule has 0 aromatic heterocycles. The lowest BCUT2D eigenvalue weighted by molar-refractivity contribution is -0.614. The van der Waals surface area contributed by atoms with E-state index in [0.29, 0.717) is 6.61 Å². The Balaban J connectivity index is 2.78. The molecule has 1 aliphatic carbocycles. The Bertz CT molecular complexity index is 392. The van der Waals surface area contributed by atoms with Gasteiger partial charge in [0, 0.05) is 12.7 Å². The predicted octanol–water partition coefficient (Wildman–Crippen LogP) is 1.13. The zero-order valence-corrected chi connectivity index (χ0v) is 9.90. The van der Waals surface area contributed by atoms with Gasteiger partial charge in [0.15, 0.2) is 0 Å². The van der Waals surface area contributed by atoms with E-state index in [1.165, 1.54) is 12.2 Å². The summed E-state index contributed by atoms with van der Waals surface area (Å²) >= 11 is 0. The second-order valence-corrected chi connectivity index (χ2v) is 3.58. The molecule has 8 heteroatoms. The molecule has 0 radical (unpaired) electrons. The van der Waals surface area contributed by atoms with E-state index in [-0.39, 0.29) is 25.3 Å². The molecule has 0 saturated carbocycles. The summed E-state index contributed by atoms with van der Waals surface area (Å²) in [6.45, 7) is 2.48. The number of hydrogen-bond acceptors (Lipinski definition) is 6. The minimum atomic E-state index is -1.87. The fourth-order valence-corrected chi connectivity index (χ4v) is 1.50. The van der Waals surface area contributed by atoms with Crippen LogP contribution in [0.25, 0.3) is 0 Å². The van der Waals surface area contributed by atoms with E-state index in [2.05, 4.69) is 0 Å². The number of hydrogen-bond donors (Lipinski definition) is 0. The molecule has 100 valence electrons. The van der Waals surface area contributed by atoms with Crippen molar-refractivity contribution < 1.29 is 19.3 Å². The van der Waals surface area contributed by atoms with Gasteiger partial charge in [0.2, 0.25) is 0 Å². The first-order valence-electron chi connectivity index (χ1n) is 5.42. The molecule has 1 aliphatic rings. The van der Waals surface area contributed by atoms with Crippen molar-refractivity contribution in [3.8, 4) is 0 Å². The molecule has 0 heterocycles. The van der Waals surface area contributed by atoms with Crippen molar-refractivity contribution in [1.82, 2.24) is 0 Å². The zero-order valence-electron chi connectivity index (χ0n) is 9.90. The third-order valence-corrected chi connectivity index (χ3v) is 2.38. The van der Waals surface area contributed by atoms with Crippen molar-refractivity contribution in [2.45, 2.75) is 19.1 Å². The van der Waals surface area contributed by atoms with Gasteiger partial charge in [0.25, 0.3) is 5.70 Å². The van der Waals surface area contributed by atoms with Crippen LogP contribution in [0, 0.1) is 20.2 Å². The van der Waals surface area contributed by atoms with Gasteiger partial charge in [-0.05, 0) is 6.92 Å². The van der Waals surface area contributed by atoms with Crippen LogP contribution in [-0.2, 0) is 9.47 Å². The molecule has 0 N–H and O–H groups in total. The van der Waals surface area contributed by atoms with E-state index >= 15 is 0 Å². The maximum atomic E-state index is 11.0. The third-order valence-electron chi connectivity index (χ3n) is 2.38. The van der Waals surface area contributed by atoms with Gasteiger partial charge >= 0.3 is 5.72 Å². The number of nitrogens with zero attached hydrogens (tertiary/aromatic N) is 2. The Morgan fingerprint density at radius 3 is 2.67 bits per heavy atom. The van der Waals surface area contributed by atoms with Crippen molar-refractivity contribution in [1.29, 1.82) is 0 Å². The summed E-state index contributed by atoms with van der Waals surface area (Å²) in [5.74, 6) is 0. The molecule has 1 unspecified atom stereocenters. The summed E-state index contributed by atoms with van der Waals surface area (Å²) in [6, 6.07) is 0. The lowest BCUT2D eigenvalue weighted by Gasteiger charge is -2.22. The topological polar surface area (TPSA) is 105 Å². The maximum Gasteiger partial charge on any atom is 0.354 e. The highest BCUT2D eigenvalue weighted by atomic mass is 16.7. The van der Waals surface area contributed by atoms with Crippen LogP contribution >= 0.6 is 0 Å². The highest BCUT2D eigenvalue weighted by molar-refractivity contribution is 5.21. The molecule has 0 saturated heterocycles. The smallest absolute Gasteiger partial charge is 0.354 e. The Morgan fingerprint density at radius 2 is 2.11 bits per heavy atom. The Morgan fingerprint density at radius 1 is 1.39 bits per heavy atom. The minimum absolute atomic E-state index is 0.00412. The summed E-state index contributed by atoms with van der Waals surface area (Å²) < 4.78 is 10.2. The van der Waals surface area contributed by atoms with Gasteiger partial charge in [-0.25, -0.2) is 0 Å². The molecule has 18 heavy (non-hydrogen) atoms. The van der Waals surface area contributed by atoms with E-state index in [9.17, 15) is 20.2 Å². The van der Waals surface area contributed by atoms with Crippen LogP contribution < -0.4 is 0 Å². The highest BCUT2D eigenvalue weighted by Crippen LogP contribution is 2.26. The molecule has 0 amide bonds. The van der Waals surface area contributed by atoms with E-state index in [1.54, 1.807) is 6.92 Å². The standard InChI is InChI=1S/C10H14N2O6/c1-2-17-6-7-18-10(12(15)16)5-3-4-9(8-10)11(13)14/h3-4,8H,2,5-7H2,1H3. The summed E-state index contributed by atoms with van der Waals surface area (Å²) in [6.07, 6.45) is 3.48. The van der Waals surface area contributed by atoms with Crippen LogP contribution in [0.3, 0.4) is 0 Å². The van der Waals surface area contributed by atoms with Gasteiger partial charge in [-0.2, -0.15) is 0 Å². The van der Waals surface area contributed by atoms with E-state index in [4.69, 9.17) is 9.47 Å². The van der Waals surface area contributed by atoms with Gasteiger partial charge in [-0.15, -0.1) is 0 Å². The first-order chi connectivity index (χ1) is 8.52. The molecule has 8 nitrogen and oxygen atoms in total. The van der Waals surface area contributed by atoms with Crippen LogP contribution in [0.15, 0.2) is 23.9 Å². The largest absolute Gasteiger partial charge is 0.379 e. The Kier molecular flexibility index (Phi) is 4.93. The van der Waals surface area contributed by atoms with Crippen LogP contribution in [0.1, 0.15) is 13.3 Å². The zero-order chi connectivity index (χ0) is 13.6. The molecule has 1 rings (SSSR count). The molecule has 0 bridgehead atoms. The highest BCUT2D eigenvalue weighted by Gasteiger charge is 2.45. The van der Waals surface area contributed by atoms with Gasteiger partial charge < -0.3 is 9.47 Å². The van der Waals surface area contributed by atoms with Gasteiger partial charge in [-0.3, -0.25) is 20.2 Å². The lowest BCUT2D eigenvalue weighted by atomic mass is 10.0. The molecule has 1 atom stereocenters. The van der Waals surface area contributed by atoms with Crippen LogP contribution in [0.2, 0.25) is 0 Å². The Labute approximate surface area is 103 Å². The van der Waals surface area contributed by atoms with Crippen LogP contribution in [0.5, 0.6) is 0 Å². The van der Waals surface area contributed by atoms with Gasteiger partial charge in [0.1, 0.15) is 0 Å². The van der Waals surface area contributed by atoms with Crippen molar-refractivity contribution in [2.24, 2.45) is 0 Å². The molecule has 0 aromatic rings. The van der Waals surface area contributed by atoms with Crippen LogP contribution in [0.4, 0.5) is 0 Å². The number of rotatable bonds is 7. The number of allylic oxidation sites excluding steroid dienone is 1. The fourth-order valence-electron chi connectivity index (χ4n) is 1.50. The summed E-state index contributed by atoms with van der Waals surface area (Å²) in [5, 5.41) is 21.7. The SMILES string of the molecule is CCOCCOC1([N+](=O)[O-])C=C([N+](=O)[O-])C=CC1. The van der Waals surface area contributed by atoms with Crippen molar-refractivity contribution in [2.75, 3.05) is 19.8 Å². The summed E-state index contributed by atoms with van der Waals surface area (Å²) in [4.78, 5) is 20.3. The molecule has 0 aromatic carbocycles. The normalized spacial score (nSPS) is 22.6. The number of nitro groups is 2. The molecule has 0 spiro atoms. The predicted molar refractivity (Wildman–Crippen MR) is 61.0 cm³/mol. The number of ether oxygens (including phenoxy) is 2. The molecular formula is C10H14N2O6. The summed E-state index contributed by atoms with van der Waals surface area (Å²) in [7, 11) is 0. The average molecular weight is 258 g/mol. The molecule has 0 fully saturated rings. The summed E-state index contributed by atoms with van der Waals surface area (Å²) in [5.41, 5.74) is -2.21. The monoisotopic (exact) mass is 258 g/mol. The van der Waals surface area contributed by atoms with E-state index < -0.39 is 15.6 Å². The average Bonchev–Trinajstić information content (AvgIpc) is 2.35.